The van der Waals surface area contributed by atoms with Gasteiger partial charge in [-0.05, 0) is 43.9 Å². The van der Waals surface area contributed by atoms with Crippen LogP contribution in [0.5, 0.6) is 0 Å². The first-order chi connectivity index (χ1) is 10.5. The Hall–Kier alpha value is -1.62. The summed E-state index contributed by atoms with van der Waals surface area (Å²) in [5, 5.41) is 16.5. The summed E-state index contributed by atoms with van der Waals surface area (Å²) in [6, 6.07) is 4.69. The molecule has 22 heavy (non-hydrogen) atoms. The highest BCUT2D eigenvalue weighted by molar-refractivity contribution is 5.94. The van der Waals surface area contributed by atoms with E-state index >= 15 is 0 Å². The smallest absolute Gasteiger partial charge is 0.227 e. The molecule has 0 aliphatic heterocycles. The first kappa shape index (κ1) is 15.3. The van der Waals surface area contributed by atoms with Crippen LogP contribution in [0.1, 0.15) is 51.4 Å². The van der Waals surface area contributed by atoms with Crippen molar-refractivity contribution in [1.82, 2.24) is 0 Å². The van der Waals surface area contributed by atoms with Gasteiger partial charge in [0.1, 0.15) is 5.82 Å². The Labute approximate surface area is 130 Å². The first-order valence-corrected chi connectivity index (χ1v) is 8.12. The van der Waals surface area contributed by atoms with E-state index in [2.05, 4.69) is 10.6 Å². The van der Waals surface area contributed by atoms with Crippen LogP contribution in [-0.2, 0) is 4.79 Å². The lowest BCUT2D eigenvalue weighted by Crippen LogP contribution is -2.36. The first-order valence-electron chi connectivity index (χ1n) is 8.12. The van der Waals surface area contributed by atoms with Crippen LogP contribution in [0.15, 0.2) is 18.2 Å². The zero-order valence-corrected chi connectivity index (χ0v) is 12.7. The quantitative estimate of drug-likeness (QED) is 0.781. The van der Waals surface area contributed by atoms with E-state index < -0.39 is 5.60 Å². The van der Waals surface area contributed by atoms with Crippen molar-refractivity contribution in [3.63, 3.8) is 0 Å². The van der Waals surface area contributed by atoms with Gasteiger partial charge in [-0.3, -0.25) is 4.79 Å². The fourth-order valence-electron chi connectivity index (χ4n) is 3.07. The lowest BCUT2D eigenvalue weighted by Gasteiger charge is -2.31. The average molecular weight is 306 g/mol. The lowest BCUT2D eigenvalue weighted by molar-refractivity contribution is -0.122. The van der Waals surface area contributed by atoms with Crippen LogP contribution >= 0.6 is 0 Å². The number of amides is 1. The number of nitrogens with one attached hydrogen (secondary N) is 2. The Kier molecular flexibility index (Phi) is 4.34. The van der Waals surface area contributed by atoms with Crippen molar-refractivity contribution in [3.8, 4) is 0 Å². The summed E-state index contributed by atoms with van der Waals surface area (Å²) < 4.78 is 13.4. The molecular formula is C17H23FN2O2. The van der Waals surface area contributed by atoms with Gasteiger partial charge in [0.25, 0.3) is 0 Å². The van der Waals surface area contributed by atoms with Crippen molar-refractivity contribution < 1.29 is 14.3 Å². The molecule has 0 heterocycles. The van der Waals surface area contributed by atoms with Crippen LogP contribution in [0.3, 0.4) is 0 Å². The molecule has 0 radical (unpaired) electrons. The summed E-state index contributed by atoms with van der Waals surface area (Å²) in [5.41, 5.74) is 0.316. The maximum absolute atomic E-state index is 13.4. The predicted octanol–water partition coefficient (Wildman–Crippen LogP) is 3.42. The molecule has 2 aliphatic rings. The summed E-state index contributed by atoms with van der Waals surface area (Å²) in [5.74, 6) is -0.540. The van der Waals surface area contributed by atoms with E-state index in [1.807, 2.05) is 0 Å². The summed E-state index contributed by atoms with van der Waals surface area (Å²) in [7, 11) is 0. The van der Waals surface area contributed by atoms with Crippen molar-refractivity contribution in [2.45, 2.75) is 63.0 Å². The van der Waals surface area contributed by atoms with E-state index in [0.717, 1.165) is 32.1 Å². The van der Waals surface area contributed by atoms with E-state index in [1.165, 1.54) is 12.1 Å². The fraction of sp³-hybridized carbons (Fsp3) is 0.588. The highest BCUT2D eigenvalue weighted by Gasteiger charge is 2.32. The molecule has 1 aromatic rings. The van der Waals surface area contributed by atoms with Gasteiger partial charge in [0, 0.05) is 6.04 Å². The third kappa shape index (κ3) is 3.97. The number of hydrogen-bond acceptors (Lipinski definition) is 3. The Balaban J connectivity index is 1.65. The van der Waals surface area contributed by atoms with Crippen LogP contribution in [-0.4, -0.2) is 22.7 Å². The van der Waals surface area contributed by atoms with Crippen molar-refractivity contribution in [2.24, 2.45) is 0 Å². The maximum Gasteiger partial charge on any atom is 0.227 e. The van der Waals surface area contributed by atoms with Gasteiger partial charge in [-0.15, -0.1) is 0 Å². The second-order valence-corrected chi connectivity index (χ2v) is 6.62. The van der Waals surface area contributed by atoms with Gasteiger partial charge in [0.15, 0.2) is 0 Å². The average Bonchev–Trinajstić information content (AvgIpc) is 3.26. The zero-order valence-electron chi connectivity index (χ0n) is 12.7. The standard InChI is InChI=1S/C17H23FN2O2/c18-12-4-7-14(15(10-12)19-13-5-6-13)20-16(21)11-17(22)8-2-1-3-9-17/h4,7,10,13,19,22H,1-3,5-6,8-9,11H2,(H,20,21). The molecule has 2 saturated carbocycles. The summed E-state index contributed by atoms with van der Waals surface area (Å²) in [4.78, 5) is 12.2. The van der Waals surface area contributed by atoms with E-state index in [9.17, 15) is 14.3 Å². The van der Waals surface area contributed by atoms with Crippen LogP contribution < -0.4 is 10.6 Å². The van der Waals surface area contributed by atoms with Gasteiger partial charge in [-0.25, -0.2) is 4.39 Å². The number of rotatable bonds is 5. The molecule has 3 rings (SSSR count). The monoisotopic (exact) mass is 306 g/mol. The van der Waals surface area contributed by atoms with Gasteiger partial charge >= 0.3 is 0 Å². The SMILES string of the molecule is O=C(CC1(O)CCCCC1)Nc1ccc(F)cc1NC1CC1. The third-order valence-electron chi connectivity index (χ3n) is 4.47. The number of benzene rings is 1. The van der Waals surface area contributed by atoms with Gasteiger partial charge in [0.2, 0.25) is 5.91 Å². The molecule has 120 valence electrons. The van der Waals surface area contributed by atoms with Crippen LogP contribution in [0.4, 0.5) is 15.8 Å². The van der Waals surface area contributed by atoms with Crippen molar-refractivity contribution in [2.75, 3.05) is 10.6 Å². The topological polar surface area (TPSA) is 61.4 Å². The molecule has 2 aliphatic carbocycles. The number of anilines is 2. The number of hydrogen-bond donors (Lipinski definition) is 3. The van der Waals surface area contributed by atoms with E-state index in [1.54, 1.807) is 6.07 Å². The minimum absolute atomic E-state index is 0.104. The Morgan fingerprint density at radius 2 is 1.95 bits per heavy atom. The molecule has 0 atom stereocenters. The molecule has 5 heteroatoms. The van der Waals surface area contributed by atoms with Gasteiger partial charge in [-0.2, -0.15) is 0 Å². The zero-order chi connectivity index (χ0) is 15.6. The molecule has 0 unspecified atom stereocenters. The number of aliphatic hydroxyl groups is 1. The van der Waals surface area contributed by atoms with Crippen molar-refractivity contribution in [1.29, 1.82) is 0 Å². The van der Waals surface area contributed by atoms with Crippen LogP contribution in [0, 0.1) is 5.82 Å². The Bertz CT molecular complexity index is 552. The summed E-state index contributed by atoms with van der Waals surface area (Å²) in [6.45, 7) is 0. The number of halogens is 1. The number of carbonyl (C=O) groups excluding carboxylic acids is 1. The largest absolute Gasteiger partial charge is 0.389 e. The Morgan fingerprint density at radius 3 is 2.64 bits per heavy atom. The third-order valence-corrected chi connectivity index (χ3v) is 4.47. The van der Waals surface area contributed by atoms with Crippen molar-refractivity contribution >= 4 is 17.3 Å². The molecule has 1 aromatic carbocycles. The lowest BCUT2D eigenvalue weighted by atomic mass is 9.82. The fourth-order valence-corrected chi connectivity index (χ4v) is 3.07. The second kappa shape index (κ2) is 6.24. The molecule has 0 spiro atoms. The molecule has 3 N–H and O–H groups in total. The summed E-state index contributed by atoms with van der Waals surface area (Å²) >= 11 is 0. The van der Waals surface area contributed by atoms with E-state index in [0.29, 0.717) is 30.3 Å². The second-order valence-electron chi connectivity index (χ2n) is 6.62. The molecule has 4 nitrogen and oxygen atoms in total. The molecule has 0 saturated heterocycles. The number of carbonyl (C=O) groups is 1. The normalized spacial score (nSPS) is 20.5. The molecule has 0 aromatic heterocycles. The van der Waals surface area contributed by atoms with E-state index in [4.69, 9.17) is 0 Å². The highest BCUT2D eigenvalue weighted by atomic mass is 19.1. The molecule has 2 fully saturated rings. The molecule has 1 amide bonds. The molecular weight excluding hydrogens is 283 g/mol. The molecule has 0 bridgehead atoms. The highest BCUT2D eigenvalue weighted by Crippen LogP contribution is 2.33. The minimum Gasteiger partial charge on any atom is -0.389 e. The Morgan fingerprint density at radius 1 is 1.23 bits per heavy atom. The maximum atomic E-state index is 13.4. The van der Waals surface area contributed by atoms with Crippen LogP contribution in [0.2, 0.25) is 0 Å². The van der Waals surface area contributed by atoms with Gasteiger partial charge < -0.3 is 15.7 Å². The predicted molar refractivity (Wildman–Crippen MR) is 84.3 cm³/mol. The minimum atomic E-state index is -0.882. The van der Waals surface area contributed by atoms with Gasteiger partial charge in [-0.1, -0.05) is 19.3 Å². The van der Waals surface area contributed by atoms with Crippen LogP contribution in [0.25, 0.3) is 0 Å². The summed E-state index contributed by atoms with van der Waals surface area (Å²) in [6.07, 6.45) is 6.66. The van der Waals surface area contributed by atoms with Gasteiger partial charge in [0.05, 0.1) is 23.4 Å². The van der Waals surface area contributed by atoms with Crippen molar-refractivity contribution in [3.05, 3.63) is 24.0 Å². The van der Waals surface area contributed by atoms with E-state index in [-0.39, 0.29) is 18.1 Å².